The first-order valence-corrected chi connectivity index (χ1v) is 5.36. The van der Waals surface area contributed by atoms with E-state index in [0.717, 1.165) is 12.1 Å². The average molecular weight is 269 g/mol. The van der Waals surface area contributed by atoms with Crippen LogP contribution in [-0.4, -0.2) is 18.1 Å². The van der Waals surface area contributed by atoms with Gasteiger partial charge in [0.05, 0.1) is 12.7 Å². The zero-order valence-electron chi connectivity index (χ0n) is 9.91. The summed E-state index contributed by atoms with van der Waals surface area (Å²) < 4.78 is 42.3. The van der Waals surface area contributed by atoms with Gasteiger partial charge in [-0.3, -0.25) is 0 Å². The maximum absolute atomic E-state index is 12.6. The first-order chi connectivity index (χ1) is 8.91. The molecule has 0 aliphatic heterocycles. The molecule has 0 aliphatic carbocycles. The smallest absolute Gasteiger partial charge is 0.416 e. The van der Waals surface area contributed by atoms with Crippen molar-refractivity contribution in [3.63, 3.8) is 0 Å². The number of methoxy groups -OCH3 is 1. The molecule has 3 nitrogen and oxygen atoms in total. The second kappa shape index (κ2) is 4.79. The Balaban J connectivity index is 2.37. The van der Waals surface area contributed by atoms with Gasteiger partial charge in [0.2, 0.25) is 0 Å². The van der Waals surface area contributed by atoms with Crippen LogP contribution in [-0.2, 0) is 10.9 Å². The molecule has 0 saturated heterocycles. The average Bonchev–Trinajstić information content (AvgIpc) is 2.86. The molecule has 0 saturated carbocycles. The van der Waals surface area contributed by atoms with Crippen LogP contribution in [0.15, 0.2) is 36.5 Å². The van der Waals surface area contributed by atoms with Crippen LogP contribution in [0.2, 0.25) is 0 Å². The third-order valence-electron chi connectivity index (χ3n) is 2.61. The van der Waals surface area contributed by atoms with E-state index in [0.29, 0.717) is 11.1 Å². The van der Waals surface area contributed by atoms with Gasteiger partial charge < -0.3 is 9.72 Å². The lowest BCUT2D eigenvalue weighted by molar-refractivity contribution is -0.137. The second-order valence-corrected chi connectivity index (χ2v) is 3.87. The van der Waals surface area contributed by atoms with Crippen LogP contribution in [0.25, 0.3) is 11.1 Å². The molecule has 1 heterocycles. The van der Waals surface area contributed by atoms with E-state index in [4.69, 9.17) is 0 Å². The Hall–Kier alpha value is -2.24. The molecular weight excluding hydrogens is 259 g/mol. The van der Waals surface area contributed by atoms with Crippen molar-refractivity contribution < 1.29 is 22.7 Å². The molecule has 1 aromatic carbocycles. The van der Waals surface area contributed by atoms with Crippen LogP contribution >= 0.6 is 0 Å². The standard InChI is InChI=1S/C13H10F3NO2/c1-19-12(18)11-6-9(7-17-11)8-3-2-4-10(5-8)13(14,15)16/h2-7,17H,1H3. The highest BCUT2D eigenvalue weighted by Gasteiger charge is 2.30. The molecule has 0 bridgehead atoms. The van der Waals surface area contributed by atoms with Gasteiger partial charge in [-0.05, 0) is 23.8 Å². The molecule has 0 amide bonds. The van der Waals surface area contributed by atoms with Gasteiger partial charge in [0.15, 0.2) is 0 Å². The van der Waals surface area contributed by atoms with E-state index in [2.05, 4.69) is 9.72 Å². The van der Waals surface area contributed by atoms with E-state index in [9.17, 15) is 18.0 Å². The van der Waals surface area contributed by atoms with Crippen molar-refractivity contribution in [2.45, 2.75) is 6.18 Å². The van der Waals surface area contributed by atoms with E-state index in [-0.39, 0.29) is 5.69 Å². The number of H-pyrrole nitrogens is 1. The van der Waals surface area contributed by atoms with Crippen molar-refractivity contribution in [3.05, 3.63) is 47.8 Å². The lowest BCUT2D eigenvalue weighted by Crippen LogP contribution is -2.04. The number of alkyl halides is 3. The number of halogens is 3. The van der Waals surface area contributed by atoms with Crippen LogP contribution in [0.3, 0.4) is 0 Å². The fourth-order valence-electron chi connectivity index (χ4n) is 1.66. The molecule has 0 fully saturated rings. The van der Waals surface area contributed by atoms with Crippen molar-refractivity contribution in [2.24, 2.45) is 0 Å². The first-order valence-electron chi connectivity index (χ1n) is 5.36. The summed E-state index contributed by atoms with van der Waals surface area (Å²) in [5, 5.41) is 0. The fourth-order valence-corrected chi connectivity index (χ4v) is 1.66. The van der Waals surface area contributed by atoms with E-state index < -0.39 is 17.7 Å². The molecule has 1 aromatic heterocycles. The van der Waals surface area contributed by atoms with Gasteiger partial charge in [-0.15, -0.1) is 0 Å². The molecule has 2 rings (SSSR count). The van der Waals surface area contributed by atoms with Crippen molar-refractivity contribution in [1.82, 2.24) is 4.98 Å². The summed E-state index contributed by atoms with van der Waals surface area (Å²) in [5.74, 6) is -0.571. The summed E-state index contributed by atoms with van der Waals surface area (Å²) in [4.78, 5) is 13.9. The minimum atomic E-state index is -4.39. The number of hydrogen-bond donors (Lipinski definition) is 1. The Labute approximate surface area is 107 Å². The number of hydrogen-bond acceptors (Lipinski definition) is 2. The summed E-state index contributed by atoms with van der Waals surface area (Å²) in [6, 6.07) is 6.34. The highest BCUT2D eigenvalue weighted by atomic mass is 19.4. The topological polar surface area (TPSA) is 42.1 Å². The van der Waals surface area contributed by atoms with Crippen LogP contribution in [0.5, 0.6) is 0 Å². The molecule has 0 radical (unpaired) electrons. The second-order valence-electron chi connectivity index (χ2n) is 3.87. The van der Waals surface area contributed by atoms with Gasteiger partial charge in [0.1, 0.15) is 5.69 Å². The molecule has 6 heteroatoms. The maximum Gasteiger partial charge on any atom is 0.416 e. The van der Waals surface area contributed by atoms with Crippen molar-refractivity contribution in [3.8, 4) is 11.1 Å². The molecular formula is C13H10F3NO2. The van der Waals surface area contributed by atoms with Crippen LogP contribution < -0.4 is 0 Å². The van der Waals surface area contributed by atoms with Gasteiger partial charge >= 0.3 is 12.1 Å². The predicted molar refractivity (Wildman–Crippen MR) is 62.6 cm³/mol. The third kappa shape index (κ3) is 2.78. The van der Waals surface area contributed by atoms with Gasteiger partial charge in [-0.1, -0.05) is 12.1 Å². The Morgan fingerprint density at radius 1 is 1.21 bits per heavy atom. The highest BCUT2D eigenvalue weighted by Crippen LogP contribution is 2.32. The number of ether oxygens (including phenoxy) is 1. The van der Waals surface area contributed by atoms with Gasteiger partial charge in [0.25, 0.3) is 0 Å². The molecule has 0 atom stereocenters. The summed E-state index contributed by atoms with van der Waals surface area (Å²) in [5.41, 5.74) is 0.327. The van der Waals surface area contributed by atoms with Gasteiger partial charge in [-0.2, -0.15) is 13.2 Å². The zero-order chi connectivity index (χ0) is 14.0. The number of aromatic amines is 1. The number of carbonyl (C=O) groups excluding carboxylic acids is 1. The largest absolute Gasteiger partial charge is 0.464 e. The maximum atomic E-state index is 12.6. The molecule has 19 heavy (non-hydrogen) atoms. The lowest BCUT2D eigenvalue weighted by Gasteiger charge is -2.07. The van der Waals surface area contributed by atoms with Crippen molar-refractivity contribution in [2.75, 3.05) is 7.11 Å². The number of carbonyl (C=O) groups is 1. The lowest BCUT2D eigenvalue weighted by atomic mass is 10.1. The Morgan fingerprint density at radius 2 is 1.95 bits per heavy atom. The monoisotopic (exact) mass is 269 g/mol. The Morgan fingerprint density at radius 3 is 2.58 bits per heavy atom. The Bertz CT molecular complexity index is 602. The number of rotatable bonds is 2. The quantitative estimate of drug-likeness (QED) is 0.848. The molecule has 1 N–H and O–H groups in total. The predicted octanol–water partition coefficient (Wildman–Crippen LogP) is 3.49. The number of nitrogens with one attached hydrogen (secondary N) is 1. The van der Waals surface area contributed by atoms with Crippen molar-refractivity contribution in [1.29, 1.82) is 0 Å². The number of aromatic nitrogens is 1. The Kier molecular flexibility index (Phi) is 3.33. The molecule has 100 valence electrons. The normalized spacial score (nSPS) is 11.4. The van der Waals surface area contributed by atoms with E-state index >= 15 is 0 Å². The fraction of sp³-hybridized carbons (Fsp3) is 0.154. The summed E-state index contributed by atoms with van der Waals surface area (Å²) in [7, 11) is 1.23. The minimum Gasteiger partial charge on any atom is -0.464 e. The molecule has 0 spiro atoms. The molecule has 0 aliphatic rings. The van der Waals surface area contributed by atoms with Crippen LogP contribution in [0.1, 0.15) is 16.1 Å². The molecule has 0 unspecified atom stereocenters. The van der Waals surface area contributed by atoms with Crippen LogP contribution in [0.4, 0.5) is 13.2 Å². The number of esters is 1. The van der Waals surface area contributed by atoms with E-state index in [1.807, 2.05) is 0 Å². The highest BCUT2D eigenvalue weighted by molar-refractivity contribution is 5.89. The number of benzene rings is 1. The first kappa shape index (κ1) is 13.2. The molecule has 2 aromatic rings. The zero-order valence-corrected chi connectivity index (χ0v) is 9.91. The van der Waals surface area contributed by atoms with E-state index in [1.165, 1.54) is 25.4 Å². The van der Waals surface area contributed by atoms with Crippen LogP contribution in [0, 0.1) is 0 Å². The summed E-state index contributed by atoms with van der Waals surface area (Å²) in [6.07, 6.45) is -2.93. The summed E-state index contributed by atoms with van der Waals surface area (Å²) in [6.45, 7) is 0. The SMILES string of the molecule is COC(=O)c1cc(-c2cccc(C(F)(F)F)c2)c[nH]1. The third-order valence-corrected chi connectivity index (χ3v) is 2.61. The van der Waals surface area contributed by atoms with Crippen molar-refractivity contribution >= 4 is 5.97 Å². The summed E-state index contributed by atoms with van der Waals surface area (Å²) >= 11 is 0. The minimum absolute atomic E-state index is 0.190. The van der Waals surface area contributed by atoms with Gasteiger partial charge in [0, 0.05) is 11.8 Å². The van der Waals surface area contributed by atoms with Gasteiger partial charge in [-0.25, -0.2) is 4.79 Å². The van der Waals surface area contributed by atoms with E-state index in [1.54, 1.807) is 6.07 Å².